The molecular weight excluding hydrogens is 447 g/mol. The van der Waals surface area contributed by atoms with E-state index in [4.69, 9.17) is 0 Å². The standard InChI is InChI=1S/C24H30F3N5O2/c1-3-6-19-28-22(29-21(34)17-8-9-17)30-32(19)18(4-2)16-7-5-11-23(12-10-16)14-31(15-23)20(33)13-24(25,26)27/h3-4,6,8-9,16-17H,5,7,10-15H2,1-2H3,(H,29,30,34)/b6-3-,18-4+. The van der Waals surface area contributed by atoms with Crippen molar-refractivity contribution < 1.29 is 22.8 Å². The maximum absolute atomic E-state index is 12.6. The molecule has 2 fully saturated rings. The quantitative estimate of drug-likeness (QED) is 0.605. The number of hydrogen-bond donors (Lipinski definition) is 1. The van der Waals surface area contributed by atoms with Crippen LogP contribution in [0.4, 0.5) is 19.1 Å². The van der Waals surface area contributed by atoms with E-state index in [2.05, 4.69) is 15.4 Å². The molecule has 184 valence electrons. The molecule has 2 amide bonds. The number of allylic oxidation sites excluding steroid dienone is 3. The zero-order valence-corrected chi connectivity index (χ0v) is 19.4. The molecule has 34 heavy (non-hydrogen) atoms. The third-order valence-electron chi connectivity index (χ3n) is 6.87. The number of carbonyl (C=O) groups is 2. The van der Waals surface area contributed by atoms with Crippen LogP contribution in [-0.4, -0.2) is 50.7 Å². The van der Waals surface area contributed by atoms with Gasteiger partial charge in [0.15, 0.2) is 5.82 Å². The van der Waals surface area contributed by atoms with Crippen molar-refractivity contribution >= 4 is 29.5 Å². The van der Waals surface area contributed by atoms with Gasteiger partial charge in [-0.25, -0.2) is 4.68 Å². The van der Waals surface area contributed by atoms with Crippen molar-refractivity contribution in [1.82, 2.24) is 19.7 Å². The van der Waals surface area contributed by atoms with Crippen LogP contribution in [-0.2, 0) is 9.59 Å². The van der Waals surface area contributed by atoms with Crippen molar-refractivity contribution in [3.8, 4) is 0 Å². The summed E-state index contributed by atoms with van der Waals surface area (Å²) in [5.41, 5.74) is 0.895. The molecular formula is C24H30F3N5O2. The van der Waals surface area contributed by atoms with Gasteiger partial charge in [-0.05, 0) is 45.6 Å². The highest BCUT2D eigenvalue weighted by atomic mass is 19.4. The summed E-state index contributed by atoms with van der Waals surface area (Å²) < 4.78 is 39.5. The summed E-state index contributed by atoms with van der Waals surface area (Å²) in [7, 11) is 0. The van der Waals surface area contributed by atoms with E-state index in [-0.39, 0.29) is 29.1 Å². The third kappa shape index (κ3) is 5.42. The number of carbonyl (C=O) groups excluding carboxylic acids is 2. The van der Waals surface area contributed by atoms with Gasteiger partial charge in [0.1, 0.15) is 6.42 Å². The number of alkyl halides is 3. The van der Waals surface area contributed by atoms with Crippen LogP contribution in [0.15, 0.2) is 24.3 Å². The van der Waals surface area contributed by atoms with Crippen molar-refractivity contribution in [2.45, 2.75) is 58.5 Å². The molecule has 1 aliphatic heterocycles. The molecule has 2 heterocycles. The van der Waals surface area contributed by atoms with Crippen LogP contribution in [0.1, 0.15) is 58.2 Å². The average Bonchev–Trinajstić information content (AvgIpc) is 3.53. The topological polar surface area (TPSA) is 80.1 Å². The maximum atomic E-state index is 12.6. The Hall–Kier alpha value is -2.91. The second kappa shape index (κ2) is 9.38. The Labute approximate surface area is 196 Å². The predicted molar refractivity (Wildman–Crippen MR) is 122 cm³/mol. The van der Waals surface area contributed by atoms with E-state index in [9.17, 15) is 22.8 Å². The van der Waals surface area contributed by atoms with Gasteiger partial charge in [0.05, 0.1) is 5.92 Å². The molecule has 2 aliphatic carbocycles. The molecule has 1 aromatic rings. The fourth-order valence-corrected chi connectivity index (χ4v) is 5.09. The van der Waals surface area contributed by atoms with Gasteiger partial charge < -0.3 is 4.90 Å². The summed E-state index contributed by atoms with van der Waals surface area (Å²) in [5.74, 6) is -0.0971. The summed E-state index contributed by atoms with van der Waals surface area (Å²) >= 11 is 0. The fourth-order valence-electron chi connectivity index (χ4n) is 5.09. The highest BCUT2D eigenvalue weighted by Gasteiger charge is 2.47. The van der Waals surface area contributed by atoms with Crippen molar-refractivity contribution in [2.24, 2.45) is 17.3 Å². The van der Waals surface area contributed by atoms with Gasteiger partial charge in [0.25, 0.3) is 0 Å². The van der Waals surface area contributed by atoms with Crippen molar-refractivity contribution in [1.29, 1.82) is 0 Å². The van der Waals surface area contributed by atoms with Gasteiger partial charge in [-0.2, -0.15) is 18.2 Å². The SMILES string of the molecule is C/C=C\c1nc(NC(=O)C2C=C2)nn1/C(=C/C)C1CCCC2(CC1)CN(C(=O)CC(F)(F)F)C2. The number of rotatable bonds is 6. The fraction of sp³-hybridized carbons (Fsp3) is 0.583. The minimum atomic E-state index is -4.47. The van der Waals surface area contributed by atoms with Crippen molar-refractivity contribution in [2.75, 3.05) is 18.4 Å². The van der Waals surface area contributed by atoms with E-state index in [1.54, 1.807) is 16.8 Å². The largest absolute Gasteiger partial charge is 0.397 e. The number of hydrogen-bond acceptors (Lipinski definition) is 4. The molecule has 10 heteroatoms. The Morgan fingerprint density at radius 1 is 1.21 bits per heavy atom. The molecule has 1 saturated carbocycles. The lowest BCUT2D eigenvalue weighted by Gasteiger charge is -2.50. The molecule has 0 aromatic carbocycles. The summed E-state index contributed by atoms with van der Waals surface area (Å²) in [5, 5.41) is 7.32. The summed E-state index contributed by atoms with van der Waals surface area (Å²) in [6, 6.07) is 0. The molecule has 3 aliphatic rings. The van der Waals surface area contributed by atoms with Crippen LogP contribution < -0.4 is 5.32 Å². The van der Waals surface area contributed by atoms with Crippen molar-refractivity contribution in [3.05, 3.63) is 30.1 Å². The second-order valence-corrected chi connectivity index (χ2v) is 9.49. The smallest absolute Gasteiger partial charge is 0.341 e. The Bertz CT molecular complexity index is 1030. The summed E-state index contributed by atoms with van der Waals surface area (Å²) in [6.45, 7) is 4.64. The number of amides is 2. The number of likely N-dealkylation sites (tertiary alicyclic amines) is 1. The number of nitrogens with zero attached hydrogens (tertiary/aromatic N) is 4. The van der Waals surface area contributed by atoms with Gasteiger partial charge in [-0.3, -0.25) is 14.9 Å². The molecule has 1 spiro atoms. The minimum Gasteiger partial charge on any atom is -0.341 e. The highest BCUT2D eigenvalue weighted by molar-refractivity contribution is 5.96. The van der Waals surface area contributed by atoms with E-state index in [0.717, 1.165) is 37.8 Å². The minimum absolute atomic E-state index is 0.0974. The molecule has 1 unspecified atom stereocenters. The molecule has 0 radical (unpaired) electrons. The first kappa shape index (κ1) is 24.2. The highest BCUT2D eigenvalue weighted by Crippen LogP contribution is 2.46. The van der Waals surface area contributed by atoms with E-state index in [1.165, 1.54) is 4.90 Å². The molecule has 1 atom stereocenters. The number of anilines is 1. The van der Waals surface area contributed by atoms with Crippen LogP contribution in [0.5, 0.6) is 0 Å². The van der Waals surface area contributed by atoms with E-state index >= 15 is 0 Å². The Morgan fingerprint density at radius 3 is 2.56 bits per heavy atom. The molecule has 7 nitrogen and oxygen atoms in total. The van der Waals surface area contributed by atoms with E-state index < -0.39 is 18.5 Å². The van der Waals surface area contributed by atoms with Crippen LogP contribution in [0.25, 0.3) is 11.8 Å². The van der Waals surface area contributed by atoms with Crippen LogP contribution >= 0.6 is 0 Å². The molecule has 1 saturated heterocycles. The number of nitrogens with one attached hydrogen (secondary N) is 1. The molecule has 0 bridgehead atoms. The zero-order chi connectivity index (χ0) is 24.5. The van der Waals surface area contributed by atoms with E-state index in [1.807, 2.05) is 32.1 Å². The summed E-state index contributed by atoms with van der Waals surface area (Å²) in [4.78, 5) is 29.9. The third-order valence-corrected chi connectivity index (χ3v) is 6.87. The second-order valence-electron chi connectivity index (χ2n) is 9.49. The lowest BCUT2D eigenvalue weighted by molar-refractivity contribution is -0.170. The average molecular weight is 478 g/mol. The van der Waals surface area contributed by atoms with Crippen LogP contribution in [0.3, 0.4) is 0 Å². The zero-order valence-electron chi connectivity index (χ0n) is 19.4. The molecule has 1 aromatic heterocycles. The van der Waals surface area contributed by atoms with Gasteiger partial charge in [-0.1, -0.05) is 30.7 Å². The van der Waals surface area contributed by atoms with Gasteiger partial charge in [-0.15, -0.1) is 5.10 Å². The first-order chi connectivity index (χ1) is 16.1. The van der Waals surface area contributed by atoms with Gasteiger partial charge >= 0.3 is 6.18 Å². The lowest BCUT2D eigenvalue weighted by Crippen LogP contribution is -2.58. The number of aromatic nitrogens is 3. The van der Waals surface area contributed by atoms with Gasteiger partial charge in [0.2, 0.25) is 17.8 Å². The first-order valence-electron chi connectivity index (χ1n) is 11.7. The van der Waals surface area contributed by atoms with Gasteiger partial charge in [0, 0.05) is 30.1 Å². The normalized spacial score (nSPS) is 22.7. The van der Waals surface area contributed by atoms with Crippen molar-refractivity contribution in [3.63, 3.8) is 0 Å². The predicted octanol–water partition coefficient (Wildman–Crippen LogP) is 4.66. The van der Waals surface area contributed by atoms with Crippen LogP contribution in [0.2, 0.25) is 0 Å². The maximum Gasteiger partial charge on any atom is 0.397 e. The van der Waals surface area contributed by atoms with E-state index in [0.29, 0.717) is 18.9 Å². The Kier molecular flexibility index (Phi) is 6.69. The molecule has 4 rings (SSSR count). The molecule has 1 N–H and O–H groups in total. The number of halogens is 3. The Morgan fingerprint density at radius 2 is 1.94 bits per heavy atom. The summed E-state index contributed by atoms with van der Waals surface area (Å²) in [6.07, 6.45) is 7.90. The first-order valence-corrected chi connectivity index (χ1v) is 11.7. The van der Waals surface area contributed by atoms with Crippen LogP contribution in [0, 0.1) is 17.3 Å². The Balaban J connectivity index is 1.43. The monoisotopic (exact) mass is 477 g/mol. The lowest BCUT2D eigenvalue weighted by atomic mass is 9.73.